The minimum absolute atomic E-state index is 0.0158. The average Bonchev–Trinajstić information content (AvgIpc) is 2.77. The Balaban J connectivity index is 2.22. The second-order valence-corrected chi connectivity index (χ2v) is 6.63. The first-order valence-corrected chi connectivity index (χ1v) is 9.91. The van der Waals surface area contributed by atoms with Crippen molar-refractivity contribution in [2.45, 2.75) is 33.1 Å². The van der Waals surface area contributed by atoms with Gasteiger partial charge in [0.1, 0.15) is 12.4 Å². The maximum atomic E-state index is 12.8. The fraction of sp³-hybridized carbons (Fsp3) is 0.455. The Bertz CT molecular complexity index is 787. The maximum absolute atomic E-state index is 12.8. The number of methoxy groups -OCH3 is 1. The molecule has 0 aromatic carbocycles. The number of allylic oxidation sites excluding steroid dienone is 3. The van der Waals surface area contributed by atoms with Gasteiger partial charge in [-0.25, -0.2) is 9.38 Å². The van der Waals surface area contributed by atoms with E-state index in [2.05, 4.69) is 9.97 Å². The van der Waals surface area contributed by atoms with Gasteiger partial charge in [0.15, 0.2) is 5.90 Å². The van der Waals surface area contributed by atoms with E-state index in [4.69, 9.17) is 9.73 Å². The van der Waals surface area contributed by atoms with Crippen LogP contribution in [0.2, 0.25) is 0 Å². The second kappa shape index (κ2) is 11.9. The lowest BCUT2D eigenvalue weighted by molar-refractivity contribution is -0.128. The molecule has 2 heterocycles. The van der Waals surface area contributed by atoms with Crippen molar-refractivity contribution >= 4 is 17.5 Å². The molecule has 1 fully saturated rings. The molecule has 0 unspecified atom stereocenters. The molecular weight excluding hydrogens is 371 g/mol. The molecule has 6 nitrogen and oxygen atoms in total. The second-order valence-electron chi connectivity index (χ2n) is 6.63. The number of halogens is 1. The minimum Gasteiger partial charge on any atom is -0.484 e. The average molecular weight is 400 g/mol. The highest BCUT2D eigenvalue weighted by molar-refractivity contribution is 5.96. The third-order valence-electron chi connectivity index (χ3n) is 4.67. The Morgan fingerprint density at radius 1 is 1.45 bits per heavy atom. The molecule has 0 aliphatic carbocycles. The molecule has 29 heavy (non-hydrogen) atoms. The molecule has 1 aromatic heterocycles. The summed E-state index contributed by atoms with van der Waals surface area (Å²) >= 11 is 0. The van der Waals surface area contributed by atoms with Crippen molar-refractivity contribution in [2.24, 2.45) is 10.9 Å². The molecule has 1 aliphatic rings. The number of amides is 1. The van der Waals surface area contributed by atoms with Crippen LogP contribution in [-0.4, -0.2) is 53.5 Å². The van der Waals surface area contributed by atoms with E-state index in [1.807, 2.05) is 13.0 Å². The molecule has 0 saturated carbocycles. The number of likely N-dealkylation sites (tertiary alicyclic amines) is 1. The highest BCUT2D eigenvalue weighted by Crippen LogP contribution is 2.23. The van der Waals surface area contributed by atoms with Crippen molar-refractivity contribution in [2.75, 3.05) is 26.9 Å². The van der Waals surface area contributed by atoms with Crippen molar-refractivity contribution in [3.05, 3.63) is 54.2 Å². The van der Waals surface area contributed by atoms with E-state index >= 15 is 0 Å². The van der Waals surface area contributed by atoms with Crippen LogP contribution in [-0.2, 0) is 9.53 Å². The predicted octanol–water partition coefficient (Wildman–Crippen LogP) is 3.98. The number of rotatable bonds is 7. The zero-order valence-electron chi connectivity index (χ0n) is 17.3. The molecule has 1 aliphatic heterocycles. The van der Waals surface area contributed by atoms with Gasteiger partial charge in [-0.15, -0.1) is 0 Å². The Morgan fingerprint density at radius 3 is 2.90 bits per heavy atom. The molecule has 1 saturated heterocycles. The molecule has 0 N–H and O–H groups in total. The normalized spacial score (nSPS) is 19.0. The Morgan fingerprint density at radius 2 is 2.28 bits per heavy atom. The van der Waals surface area contributed by atoms with E-state index in [9.17, 15) is 9.18 Å². The van der Waals surface area contributed by atoms with Crippen LogP contribution in [0.25, 0.3) is 5.70 Å². The molecule has 0 spiro atoms. The van der Waals surface area contributed by atoms with Crippen LogP contribution in [0.3, 0.4) is 0 Å². The summed E-state index contributed by atoms with van der Waals surface area (Å²) in [5.41, 5.74) is 1.88. The molecule has 1 aromatic rings. The number of nitrogens with zero attached hydrogens (tertiary/aromatic N) is 4. The monoisotopic (exact) mass is 400 g/mol. The number of aromatic nitrogens is 2. The summed E-state index contributed by atoms with van der Waals surface area (Å²) < 4.78 is 18.1. The van der Waals surface area contributed by atoms with Crippen LogP contribution in [0.1, 0.15) is 38.8 Å². The van der Waals surface area contributed by atoms with Crippen LogP contribution in [0.5, 0.6) is 0 Å². The van der Waals surface area contributed by atoms with Crippen molar-refractivity contribution < 1.29 is 13.9 Å². The first-order valence-electron chi connectivity index (χ1n) is 9.91. The van der Waals surface area contributed by atoms with Crippen molar-refractivity contribution in [3.63, 3.8) is 0 Å². The summed E-state index contributed by atoms with van der Waals surface area (Å²) in [7, 11) is 1.60. The first kappa shape index (κ1) is 22.5. The SMILES string of the molecule is C/C=C(\C=C/CF)C(=O)N1CCC[C@H](C(=N/C(=C\CC)c2cnccn2)OC)C1. The van der Waals surface area contributed by atoms with E-state index < -0.39 is 6.67 Å². The highest BCUT2D eigenvalue weighted by Gasteiger charge is 2.29. The third kappa shape index (κ3) is 6.34. The van der Waals surface area contributed by atoms with Crippen molar-refractivity contribution in [3.8, 4) is 0 Å². The zero-order valence-corrected chi connectivity index (χ0v) is 17.3. The maximum Gasteiger partial charge on any atom is 0.253 e. The van der Waals surface area contributed by atoms with Crippen LogP contribution < -0.4 is 0 Å². The van der Waals surface area contributed by atoms with E-state index in [1.165, 1.54) is 12.2 Å². The fourth-order valence-electron chi connectivity index (χ4n) is 3.26. The topological polar surface area (TPSA) is 67.7 Å². The summed E-state index contributed by atoms with van der Waals surface area (Å²) in [5, 5.41) is 0. The van der Waals surface area contributed by atoms with Gasteiger partial charge < -0.3 is 9.64 Å². The molecular formula is C22H29FN4O2. The molecule has 1 amide bonds. The lowest BCUT2D eigenvalue weighted by Crippen LogP contribution is -2.43. The van der Waals surface area contributed by atoms with Gasteiger partial charge in [0, 0.05) is 31.1 Å². The van der Waals surface area contributed by atoms with E-state index in [0.29, 0.717) is 36.0 Å². The van der Waals surface area contributed by atoms with E-state index in [0.717, 1.165) is 19.3 Å². The standard InChI is InChI=1S/C22H29FN4O2/c1-4-8-19(20-15-24-12-13-25-20)26-21(29-3)18-10-7-14-27(16-18)22(28)17(5-2)9-6-11-23/h5-6,8-9,12-13,15,18H,4,7,10-11,14,16H2,1-3H3/b9-6-,17-5+,19-8-,26-21?/t18-/m0/s1. The molecule has 2 rings (SSSR count). The summed E-state index contributed by atoms with van der Waals surface area (Å²) in [6.45, 7) is 4.38. The smallest absolute Gasteiger partial charge is 0.253 e. The Hall–Kier alpha value is -2.83. The zero-order chi connectivity index (χ0) is 21.1. The number of aliphatic imine (C=N–C) groups is 1. The van der Waals surface area contributed by atoms with Crippen molar-refractivity contribution in [1.29, 1.82) is 0 Å². The summed E-state index contributed by atoms with van der Waals surface area (Å²) in [4.78, 5) is 27.8. The molecule has 1 atom stereocenters. The molecule has 0 bridgehead atoms. The van der Waals surface area contributed by atoms with Crippen LogP contribution >= 0.6 is 0 Å². The molecule has 0 radical (unpaired) electrons. The van der Waals surface area contributed by atoms with Gasteiger partial charge in [0.05, 0.1) is 24.9 Å². The largest absolute Gasteiger partial charge is 0.484 e. The lowest BCUT2D eigenvalue weighted by atomic mass is 9.96. The number of alkyl halides is 1. The minimum atomic E-state index is -0.595. The van der Waals surface area contributed by atoms with Gasteiger partial charge in [-0.1, -0.05) is 31.2 Å². The first-order chi connectivity index (χ1) is 14.1. The number of hydrogen-bond donors (Lipinski definition) is 0. The number of piperidine rings is 1. The quantitative estimate of drug-likeness (QED) is 0.300. The summed E-state index contributed by atoms with van der Waals surface area (Å²) in [6, 6.07) is 0. The van der Waals surface area contributed by atoms with E-state index in [1.54, 1.807) is 43.6 Å². The van der Waals surface area contributed by atoms with Gasteiger partial charge >= 0.3 is 0 Å². The molecule has 7 heteroatoms. The van der Waals surface area contributed by atoms with Gasteiger partial charge in [0.25, 0.3) is 5.91 Å². The van der Waals surface area contributed by atoms with Crippen LogP contribution in [0, 0.1) is 5.92 Å². The highest BCUT2D eigenvalue weighted by atomic mass is 19.1. The lowest BCUT2D eigenvalue weighted by Gasteiger charge is -2.33. The Labute approximate surface area is 171 Å². The van der Waals surface area contributed by atoms with E-state index in [-0.39, 0.29) is 11.8 Å². The number of carbonyl (C=O) groups is 1. The van der Waals surface area contributed by atoms with Gasteiger partial charge in [-0.2, -0.15) is 0 Å². The van der Waals surface area contributed by atoms with Crippen molar-refractivity contribution in [1.82, 2.24) is 14.9 Å². The summed E-state index contributed by atoms with van der Waals surface area (Å²) in [6.07, 6.45) is 14.0. The third-order valence-corrected chi connectivity index (χ3v) is 4.67. The number of ether oxygens (including phenoxy) is 1. The number of carbonyl (C=O) groups excluding carboxylic acids is 1. The fourth-order valence-corrected chi connectivity index (χ4v) is 3.26. The predicted molar refractivity (Wildman–Crippen MR) is 113 cm³/mol. The summed E-state index contributed by atoms with van der Waals surface area (Å²) in [5.74, 6) is 0.461. The van der Waals surface area contributed by atoms with Gasteiger partial charge in [-0.3, -0.25) is 14.8 Å². The van der Waals surface area contributed by atoms with Gasteiger partial charge in [0.2, 0.25) is 0 Å². The van der Waals surface area contributed by atoms with Crippen LogP contribution in [0.15, 0.2) is 53.5 Å². The number of hydrogen-bond acceptors (Lipinski definition) is 5. The Kier molecular flexibility index (Phi) is 9.21. The molecule has 156 valence electrons. The van der Waals surface area contributed by atoms with Crippen LogP contribution in [0.4, 0.5) is 4.39 Å². The van der Waals surface area contributed by atoms with Gasteiger partial charge in [-0.05, 0) is 26.2 Å².